The molecule has 4 aromatic rings. The zero-order valence-electron chi connectivity index (χ0n) is 24.6. The van der Waals surface area contributed by atoms with Gasteiger partial charge in [0, 0.05) is 30.4 Å². The predicted octanol–water partition coefficient (Wildman–Crippen LogP) is 6.61. The van der Waals surface area contributed by atoms with Crippen LogP contribution in [0.25, 0.3) is 16.6 Å². The Balaban J connectivity index is 1.45. The Morgan fingerprint density at radius 3 is 2.40 bits per heavy atom. The van der Waals surface area contributed by atoms with Crippen molar-refractivity contribution in [1.29, 1.82) is 0 Å². The summed E-state index contributed by atoms with van der Waals surface area (Å²) < 4.78 is 24.2. The maximum Gasteiger partial charge on any atom is 0.273 e. The molecule has 2 aromatic carbocycles. The summed E-state index contributed by atoms with van der Waals surface area (Å²) in [6, 6.07) is 16.1. The van der Waals surface area contributed by atoms with Gasteiger partial charge in [-0.25, -0.2) is 4.39 Å². The summed E-state index contributed by atoms with van der Waals surface area (Å²) in [5.41, 5.74) is 1.53. The van der Waals surface area contributed by atoms with Gasteiger partial charge in [-0.2, -0.15) is 0 Å². The van der Waals surface area contributed by atoms with Crippen molar-refractivity contribution in [2.24, 2.45) is 0 Å². The molecule has 2 amide bonds. The van der Waals surface area contributed by atoms with Gasteiger partial charge in [-0.05, 0) is 81.6 Å². The summed E-state index contributed by atoms with van der Waals surface area (Å²) in [4.78, 5) is 30.6. The molecular formula is C34H39FN4O3. The lowest BCUT2D eigenvalue weighted by Gasteiger charge is -2.45. The molecule has 1 fully saturated rings. The molecule has 6 rings (SSSR count). The van der Waals surface area contributed by atoms with E-state index in [2.05, 4.69) is 5.32 Å². The van der Waals surface area contributed by atoms with Crippen LogP contribution in [0.2, 0.25) is 0 Å². The molecule has 2 aromatic heterocycles. The van der Waals surface area contributed by atoms with Gasteiger partial charge in [-0.3, -0.25) is 9.59 Å². The van der Waals surface area contributed by atoms with Gasteiger partial charge >= 0.3 is 0 Å². The molecule has 0 radical (unpaired) electrons. The van der Waals surface area contributed by atoms with Crippen LogP contribution in [0, 0.1) is 5.82 Å². The van der Waals surface area contributed by atoms with E-state index in [-0.39, 0.29) is 42.9 Å². The monoisotopic (exact) mass is 570 g/mol. The molecule has 2 aliphatic rings. The number of nitrogens with one attached hydrogen (secondary N) is 1. The topological polar surface area (TPSA) is 68.5 Å². The van der Waals surface area contributed by atoms with Gasteiger partial charge in [0.1, 0.15) is 22.8 Å². The summed E-state index contributed by atoms with van der Waals surface area (Å²) in [6.07, 6.45) is 10.2. The number of fused-ring (bicyclic) bond motifs is 3. The Hall–Kier alpha value is -4.07. The number of rotatable bonds is 7. The number of ether oxygens (including phenoxy) is 1. The van der Waals surface area contributed by atoms with Crippen LogP contribution in [-0.4, -0.2) is 43.5 Å². The molecule has 8 heteroatoms. The normalized spacial score (nSPS) is 19.6. The van der Waals surface area contributed by atoms with Crippen LogP contribution in [-0.2, 0) is 17.9 Å². The molecule has 1 saturated carbocycles. The summed E-state index contributed by atoms with van der Waals surface area (Å²) in [6.45, 7) is 6.32. The van der Waals surface area contributed by atoms with Crippen molar-refractivity contribution in [3.8, 4) is 11.4 Å². The fraction of sp³-hybridized carbons (Fsp3) is 0.412. The van der Waals surface area contributed by atoms with Crippen LogP contribution >= 0.6 is 0 Å². The van der Waals surface area contributed by atoms with E-state index < -0.39 is 5.54 Å². The minimum Gasteiger partial charge on any atom is -0.491 e. The Morgan fingerprint density at radius 1 is 1.05 bits per heavy atom. The Labute approximate surface area is 246 Å². The third kappa shape index (κ3) is 5.19. The highest BCUT2D eigenvalue weighted by molar-refractivity contribution is 6.09. The van der Waals surface area contributed by atoms with Gasteiger partial charge in [0.15, 0.2) is 0 Å². The average Bonchev–Trinajstić information content (AvgIpc) is 3.50. The van der Waals surface area contributed by atoms with E-state index in [0.29, 0.717) is 16.8 Å². The van der Waals surface area contributed by atoms with E-state index in [0.717, 1.165) is 42.5 Å². The molecule has 0 bridgehead atoms. The molecule has 1 aliphatic heterocycles. The highest BCUT2D eigenvalue weighted by atomic mass is 19.1. The van der Waals surface area contributed by atoms with E-state index in [4.69, 9.17) is 4.74 Å². The van der Waals surface area contributed by atoms with Crippen molar-refractivity contribution >= 4 is 22.7 Å². The number of aromatic nitrogens is 2. The van der Waals surface area contributed by atoms with Gasteiger partial charge in [-0.1, -0.05) is 37.8 Å². The first-order chi connectivity index (χ1) is 20.2. The predicted molar refractivity (Wildman–Crippen MR) is 161 cm³/mol. The molecular weight excluding hydrogens is 531 g/mol. The van der Waals surface area contributed by atoms with Gasteiger partial charge in [-0.15, -0.1) is 0 Å². The Bertz CT molecular complexity index is 1580. The smallest absolute Gasteiger partial charge is 0.273 e. The summed E-state index contributed by atoms with van der Waals surface area (Å²) in [5, 5.41) is 3.96. The lowest BCUT2D eigenvalue weighted by Crippen LogP contribution is -2.64. The molecule has 3 heterocycles. The highest BCUT2D eigenvalue weighted by Crippen LogP contribution is 2.39. The number of halogens is 1. The van der Waals surface area contributed by atoms with Crippen molar-refractivity contribution in [1.82, 2.24) is 19.4 Å². The summed E-state index contributed by atoms with van der Waals surface area (Å²) in [7, 11) is 0. The van der Waals surface area contributed by atoms with Crippen molar-refractivity contribution < 1.29 is 18.7 Å². The molecule has 0 spiro atoms. The third-order valence-electron chi connectivity index (χ3n) is 8.69. The number of hydrogen-bond acceptors (Lipinski definition) is 3. The van der Waals surface area contributed by atoms with Crippen LogP contribution in [0.5, 0.6) is 5.75 Å². The Kier molecular flexibility index (Phi) is 7.56. The van der Waals surface area contributed by atoms with E-state index in [9.17, 15) is 14.0 Å². The number of amides is 2. The van der Waals surface area contributed by atoms with E-state index >= 15 is 0 Å². The van der Waals surface area contributed by atoms with E-state index in [1.54, 1.807) is 11.0 Å². The zero-order chi connectivity index (χ0) is 29.4. The number of carbonyl (C=O) groups is 2. The lowest BCUT2D eigenvalue weighted by molar-refractivity contribution is -0.134. The highest BCUT2D eigenvalue weighted by Gasteiger charge is 2.49. The number of hydrogen-bond donors (Lipinski definition) is 1. The SMILES string of the molecule is CC(C)Oc1ccc(CN2C(=O)c3c(-n4cccc4)c4cc(F)ccc4n3CC2(C)C(=O)NC2CCCCCC2)cc1. The molecule has 1 atom stereocenters. The minimum absolute atomic E-state index is 0.0503. The van der Waals surface area contributed by atoms with Gasteiger partial charge in [0.05, 0.1) is 23.9 Å². The van der Waals surface area contributed by atoms with Gasteiger partial charge in [0.2, 0.25) is 5.91 Å². The number of carbonyl (C=O) groups excluding carboxylic acids is 2. The fourth-order valence-electron chi connectivity index (χ4n) is 6.51. The summed E-state index contributed by atoms with van der Waals surface area (Å²) >= 11 is 0. The quantitative estimate of drug-likeness (QED) is 0.254. The van der Waals surface area contributed by atoms with Crippen LogP contribution in [0.1, 0.15) is 75.3 Å². The Morgan fingerprint density at radius 2 is 1.74 bits per heavy atom. The molecule has 1 aliphatic carbocycles. The fourth-order valence-corrected chi connectivity index (χ4v) is 6.51. The first-order valence-corrected chi connectivity index (χ1v) is 15.1. The minimum atomic E-state index is -1.17. The molecule has 220 valence electrons. The van der Waals surface area contributed by atoms with Crippen LogP contribution in [0.3, 0.4) is 0 Å². The van der Waals surface area contributed by atoms with Gasteiger partial charge < -0.3 is 24.1 Å². The average molecular weight is 571 g/mol. The second-order valence-electron chi connectivity index (χ2n) is 12.2. The first kappa shape index (κ1) is 28.1. The van der Waals surface area contributed by atoms with Crippen molar-refractivity contribution in [3.63, 3.8) is 0 Å². The zero-order valence-corrected chi connectivity index (χ0v) is 24.6. The third-order valence-corrected chi connectivity index (χ3v) is 8.69. The first-order valence-electron chi connectivity index (χ1n) is 15.1. The van der Waals surface area contributed by atoms with Crippen LogP contribution < -0.4 is 10.1 Å². The van der Waals surface area contributed by atoms with Crippen molar-refractivity contribution in [2.75, 3.05) is 0 Å². The second-order valence-corrected chi connectivity index (χ2v) is 12.2. The number of benzene rings is 2. The van der Waals surface area contributed by atoms with Gasteiger partial charge in [0.25, 0.3) is 5.91 Å². The number of nitrogens with zero attached hydrogens (tertiary/aromatic N) is 3. The molecule has 7 nitrogen and oxygen atoms in total. The van der Waals surface area contributed by atoms with Crippen molar-refractivity contribution in [3.05, 3.63) is 84.1 Å². The molecule has 1 N–H and O–H groups in total. The second kappa shape index (κ2) is 11.3. The standard InChI is InChI=1S/C34H39FN4O3/c1-23(2)42-27-15-12-24(13-16-27)21-39-32(40)31-30(37-18-8-9-19-37)28-20-25(35)14-17-29(28)38(31)22-34(39,3)33(41)36-26-10-6-4-5-7-11-26/h8-9,12-20,23,26H,4-7,10-11,21-22H2,1-3H3,(H,36,41). The maximum absolute atomic E-state index is 14.7. The van der Waals surface area contributed by atoms with E-state index in [1.807, 2.05) is 78.7 Å². The largest absolute Gasteiger partial charge is 0.491 e. The molecule has 42 heavy (non-hydrogen) atoms. The van der Waals surface area contributed by atoms with E-state index in [1.165, 1.54) is 25.0 Å². The van der Waals surface area contributed by atoms with Crippen LogP contribution in [0.15, 0.2) is 67.0 Å². The molecule has 1 unspecified atom stereocenters. The summed E-state index contributed by atoms with van der Waals surface area (Å²) in [5.74, 6) is -0.0346. The maximum atomic E-state index is 14.7. The lowest BCUT2D eigenvalue weighted by atomic mass is 9.92. The van der Waals surface area contributed by atoms with Crippen molar-refractivity contribution in [2.45, 2.75) is 90.1 Å². The van der Waals surface area contributed by atoms with Crippen LogP contribution in [0.4, 0.5) is 4.39 Å². The molecule has 0 saturated heterocycles.